The molecule has 0 saturated carbocycles. The highest BCUT2D eigenvalue weighted by atomic mass is 79.9. The average molecular weight is 239 g/mol. The van der Waals surface area contributed by atoms with Crippen molar-refractivity contribution < 1.29 is 0 Å². The highest BCUT2D eigenvalue weighted by molar-refractivity contribution is 9.10. The third-order valence-electron chi connectivity index (χ3n) is 1.85. The van der Waals surface area contributed by atoms with Gasteiger partial charge in [0.25, 0.3) is 0 Å². The molecule has 0 unspecified atom stereocenters. The Morgan fingerprint density at radius 1 is 1.54 bits per heavy atom. The summed E-state index contributed by atoms with van der Waals surface area (Å²) in [5.74, 6) is 0. The molecule has 13 heavy (non-hydrogen) atoms. The Hall–Kier alpha value is -1.01. The van der Waals surface area contributed by atoms with Crippen LogP contribution < -0.4 is 5.73 Å². The van der Waals surface area contributed by atoms with Crippen molar-refractivity contribution in [1.82, 2.24) is 0 Å². The quantitative estimate of drug-likeness (QED) is 0.806. The normalized spacial score (nSPS) is 9.62. The fourth-order valence-corrected chi connectivity index (χ4v) is 1.71. The second kappa shape index (κ2) is 4.29. The van der Waals surface area contributed by atoms with E-state index in [4.69, 9.17) is 11.0 Å². The molecule has 0 amide bonds. The van der Waals surface area contributed by atoms with Crippen LogP contribution in [0.5, 0.6) is 0 Å². The van der Waals surface area contributed by atoms with Crippen LogP contribution in [0.3, 0.4) is 0 Å². The van der Waals surface area contributed by atoms with Crippen molar-refractivity contribution >= 4 is 21.6 Å². The van der Waals surface area contributed by atoms with E-state index in [2.05, 4.69) is 28.9 Å². The van der Waals surface area contributed by atoms with Crippen molar-refractivity contribution in [2.24, 2.45) is 0 Å². The van der Waals surface area contributed by atoms with Gasteiger partial charge in [0, 0.05) is 4.47 Å². The maximum Gasteiger partial charge on any atom is 0.101 e. The molecule has 0 heterocycles. The van der Waals surface area contributed by atoms with E-state index in [1.807, 2.05) is 12.1 Å². The number of nitriles is 1. The second-order valence-electron chi connectivity index (χ2n) is 2.90. The summed E-state index contributed by atoms with van der Waals surface area (Å²) in [5.41, 5.74) is 7.93. The van der Waals surface area contributed by atoms with E-state index in [1.54, 1.807) is 0 Å². The lowest BCUT2D eigenvalue weighted by atomic mass is 10.1. The van der Waals surface area contributed by atoms with Crippen molar-refractivity contribution in [2.45, 2.75) is 19.8 Å². The number of nitrogens with two attached hydrogens (primary N) is 1. The second-order valence-corrected chi connectivity index (χ2v) is 3.76. The highest BCUT2D eigenvalue weighted by Crippen LogP contribution is 2.25. The first-order valence-electron chi connectivity index (χ1n) is 4.17. The predicted octanol–water partition coefficient (Wildman–Crippen LogP) is 2.86. The Labute approximate surface area is 86.5 Å². The van der Waals surface area contributed by atoms with Gasteiger partial charge in [-0.1, -0.05) is 13.3 Å². The van der Waals surface area contributed by atoms with Gasteiger partial charge in [-0.3, -0.25) is 0 Å². The van der Waals surface area contributed by atoms with E-state index in [1.165, 1.54) is 0 Å². The van der Waals surface area contributed by atoms with Gasteiger partial charge in [0.15, 0.2) is 0 Å². The van der Waals surface area contributed by atoms with Crippen LogP contribution >= 0.6 is 15.9 Å². The zero-order valence-corrected chi connectivity index (χ0v) is 9.06. The van der Waals surface area contributed by atoms with E-state index in [-0.39, 0.29) is 0 Å². The summed E-state index contributed by atoms with van der Waals surface area (Å²) in [6.45, 7) is 2.11. The van der Waals surface area contributed by atoms with Gasteiger partial charge in [0.2, 0.25) is 0 Å². The first-order chi connectivity index (χ1) is 6.19. The van der Waals surface area contributed by atoms with Crippen molar-refractivity contribution in [1.29, 1.82) is 5.26 Å². The lowest BCUT2D eigenvalue weighted by molar-refractivity contribution is 0.920. The Morgan fingerprint density at radius 2 is 2.23 bits per heavy atom. The van der Waals surface area contributed by atoms with Gasteiger partial charge >= 0.3 is 0 Å². The monoisotopic (exact) mass is 238 g/mol. The van der Waals surface area contributed by atoms with Crippen LogP contribution in [-0.2, 0) is 6.42 Å². The molecule has 0 atom stereocenters. The van der Waals surface area contributed by atoms with E-state index in [0.29, 0.717) is 11.3 Å². The molecule has 0 aliphatic rings. The minimum absolute atomic E-state index is 0.530. The molecule has 68 valence electrons. The van der Waals surface area contributed by atoms with Crippen molar-refractivity contribution in [3.63, 3.8) is 0 Å². The van der Waals surface area contributed by atoms with Crippen LogP contribution in [0.15, 0.2) is 16.6 Å². The van der Waals surface area contributed by atoms with Gasteiger partial charge < -0.3 is 5.73 Å². The van der Waals surface area contributed by atoms with E-state index >= 15 is 0 Å². The maximum atomic E-state index is 8.78. The Morgan fingerprint density at radius 3 is 2.77 bits per heavy atom. The van der Waals surface area contributed by atoms with Gasteiger partial charge in [-0.15, -0.1) is 0 Å². The summed E-state index contributed by atoms with van der Waals surface area (Å²) in [5, 5.41) is 8.78. The lowest BCUT2D eigenvalue weighted by Gasteiger charge is -2.04. The molecule has 0 spiro atoms. The van der Waals surface area contributed by atoms with Gasteiger partial charge in [-0.05, 0) is 40.0 Å². The Balaban J connectivity index is 3.16. The molecule has 0 aliphatic carbocycles. The molecule has 1 aromatic rings. The number of rotatable bonds is 2. The standard InChI is InChI=1S/C10H11BrN2/c1-2-3-7-4-8(6-12)10(13)9(11)5-7/h4-5H,2-3,13H2,1H3. The van der Waals surface area contributed by atoms with Crippen LogP contribution in [0.2, 0.25) is 0 Å². The largest absolute Gasteiger partial charge is 0.397 e. The fraction of sp³-hybridized carbons (Fsp3) is 0.300. The summed E-state index contributed by atoms with van der Waals surface area (Å²) in [4.78, 5) is 0. The van der Waals surface area contributed by atoms with Crippen molar-refractivity contribution in [3.05, 3.63) is 27.7 Å². The maximum absolute atomic E-state index is 8.78. The van der Waals surface area contributed by atoms with Gasteiger partial charge in [0.05, 0.1) is 11.3 Å². The summed E-state index contributed by atoms with van der Waals surface area (Å²) in [7, 11) is 0. The molecule has 2 nitrogen and oxygen atoms in total. The Bertz CT molecular complexity index is 353. The van der Waals surface area contributed by atoms with Crippen LogP contribution in [0, 0.1) is 11.3 Å². The first kappa shape index (κ1) is 10.1. The minimum atomic E-state index is 0.530. The smallest absolute Gasteiger partial charge is 0.101 e. The van der Waals surface area contributed by atoms with Crippen molar-refractivity contribution in [2.75, 3.05) is 5.73 Å². The molecule has 0 fully saturated rings. The molecule has 0 aromatic heterocycles. The van der Waals surface area contributed by atoms with Gasteiger partial charge in [-0.25, -0.2) is 0 Å². The SMILES string of the molecule is CCCc1cc(Br)c(N)c(C#N)c1. The number of aryl methyl sites for hydroxylation is 1. The average Bonchev–Trinajstić information content (AvgIpc) is 2.11. The molecule has 0 saturated heterocycles. The number of nitrogen functional groups attached to an aromatic ring is 1. The minimum Gasteiger partial charge on any atom is -0.397 e. The number of hydrogen-bond donors (Lipinski definition) is 1. The highest BCUT2D eigenvalue weighted by Gasteiger charge is 2.04. The summed E-state index contributed by atoms with van der Waals surface area (Å²) in [6.07, 6.45) is 2.05. The third kappa shape index (κ3) is 2.22. The van der Waals surface area contributed by atoms with E-state index in [9.17, 15) is 0 Å². The molecular formula is C10H11BrN2. The molecule has 0 radical (unpaired) electrons. The summed E-state index contributed by atoms with van der Waals surface area (Å²) in [6, 6.07) is 5.90. The summed E-state index contributed by atoms with van der Waals surface area (Å²) < 4.78 is 0.815. The number of hydrogen-bond acceptors (Lipinski definition) is 2. The number of nitrogens with zero attached hydrogens (tertiary/aromatic N) is 1. The molecule has 3 heteroatoms. The zero-order chi connectivity index (χ0) is 9.84. The van der Waals surface area contributed by atoms with Gasteiger partial charge in [0.1, 0.15) is 6.07 Å². The van der Waals surface area contributed by atoms with E-state index in [0.717, 1.165) is 22.9 Å². The number of halogens is 1. The van der Waals surface area contributed by atoms with Crippen molar-refractivity contribution in [3.8, 4) is 6.07 Å². The topological polar surface area (TPSA) is 49.8 Å². The van der Waals surface area contributed by atoms with Gasteiger partial charge in [-0.2, -0.15) is 5.26 Å². The third-order valence-corrected chi connectivity index (χ3v) is 2.50. The van der Waals surface area contributed by atoms with E-state index < -0.39 is 0 Å². The summed E-state index contributed by atoms with van der Waals surface area (Å²) >= 11 is 3.33. The molecule has 1 aromatic carbocycles. The number of benzene rings is 1. The van der Waals surface area contributed by atoms with Crippen LogP contribution in [0.4, 0.5) is 5.69 Å². The first-order valence-corrected chi connectivity index (χ1v) is 4.96. The molecule has 0 aliphatic heterocycles. The molecular weight excluding hydrogens is 228 g/mol. The lowest BCUT2D eigenvalue weighted by Crippen LogP contribution is -1.94. The predicted molar refractivity (Wildman–Crippen MR) is 57.3 cm³/mol. The Kier molecular flexibility index (Phi) is 3.32. The number of anilines is 1. The fourth-order valence-electron chi connectivity index (χ4n) is 1.20. The zero-order valence-electron chi connectivity index (χ0n) is 7.47. The molecule has 2 N–H and O–H groups in total. The molecule has 1 rings (SSSR count). The van der Waals surface area contributed by atoms with Crippen LogP contribution in [0.1, 0.15) is 24.5 Å². The van der Waals surface area contributed by atoms with Crippen LogP contribution in [-0.4, -0.2) is 0 Å². The van der Waals surface area contributed by atoms with Crippen LogP contribution in [0.25, 0.3) is 0 Å². The molecule has 0 bridgehead atoms.